The summed E-state index contributed by atoms with van der Waals surface area (Å²) in [5.74, 6) is -0.143. The molecule has 0 fully saturated rings. The van der Waals surface area contributed by atoms with Gasteiger partial charge in [-0.1, -0.05) is 37.3 Å². The van der Waals surface area contributed by atoms with Crippen molar-refractivity contribution >= 4 is 28.2 Å². The lowest BCUT2D eigenvalue weighted by Crippen LogP contribution is -2.21. The summed E-state index contributed by atoms with van der Waals surface area (Å²) in [4.78, 5) is 25.2. The third-order valence-corrected chi connectivity index (χ3v) is 6.67. The Morgan fingerprint density at radius 2 is 1.88 bits per heavy atom. The molecule has 1 aliphatic carbocycles. The van der Waals surface area contributed by atoms with Crippen LogP contribution in [0, 0.1) is 0 Å². The topological polar surface area (TPSA) is 64.6 Å². The molecule has 0 radical (unpaired) electrons. The maximum absolute atomic E-state index is 12.6. The van der Waals surface area contributed by atoms with Crippen molar-refractivity contribution < 1.29 is 19.1 Å². The predicted octanol–water partition coefficient (Wildman–Crippen LogP) is 5.66. The second-order valence-electron chi connectivity index (χ2n) is 7.87. The van der Waals surface area contributed by atoms with Gasteiger partial charge in [-0.2, -0.15) is 0 Å². The molecule has 4 rings (SSSR count). The molecule has 0 bridgehead atoms. The Kier molecular flexibility index (Phi) is 6.90. The fraction of sp³-hybridized carbons (Fsp3) is 0.308. The number of hydrogen-bond acceptors (Lipinski definition) is 5. The molecule has 166 valence electrons. The minimum Gasteiger partial charge on any atom is -0.484 e. The Morgan fingerprint density at radius 1 is 1.06 bits per heavy atom. The second kappa shape index (κ2) is 10.0. The molecule has 1 N–H and O–H groups in total. The van der Waals surface area contributed by atoms with E-state index in [0.717, 1.165) is 36.0 Å². The molecule has 0 aliphatic heterocycles. The van der Waals surface area contributed by atoms with Crippen LogP contribution in [-0.4, -0.2) is 25.6 Å². The molecule has 2 aromatic carbocycles. The number of carbonyl (C=O) groups is 2. The highest BCUT2D eigenvalue weighted by Crippen LogP contribution is 2.37. The summed E-state index contributed by atoms with van der Waals surface area (Å²) >= 11 is 1.32. The minimum absolute atomic E-state index is 0.139. The van der Waals surface area contributed by atoms with E-state index in [2.05, 4.69) is 24.4 Å². The van der Waals surface area contributed by atoms with E-state index in [1.807, 2.05) is 35.7 Å². The Hall–Kier alpha value is -3.12. The zero-order valence-electron chi connectivity index (χ0n) is 18.4. The van der Waals surface area contributed by atoms with E-state index in [1.54, 1.807) is 0 Å². The highest BCUT2D eigenvalue weighted by Gasteiger charge is 2.23. The van der Waals surface area contributed by atoms with E-state index in [-0.39, 0.29) is 12.5 Å². The third kappa shape index (κ3) is 4.86. The summed E-state index contributed by atoms with van der Waals surface area (Å²) in [7, 11) is 1.35. The number of carbonyl (C=O) groups excluding carboxylic acids is 2. The number of esters is 1. The van der Waals surface area contributed by atoms with Crippen LogP contribution in [0.5, 0.6) is 5.75 Å². The van der Waals surface area contributed by atoms with Crippen LogP contribution in [-0.2, 0) is 28.8 Å². The normalized spacial score (nSPS) is 12.7. The van der Waals surface area contributed by atoms with Gasteiger partial charge in [-0.05, 0) is 66.5 Å². The van der Waals surface area contributed by atoms with E-state index in [4.69, 9.17) is 9.47 Å². The van der Waals surface area contributed by atoms with Gasteiger partial charge < -0.3 is 14.8 Å². The van der Waals surface area contributed by atoms with Crippen LogP contribution in [0.15, 0.2) is 47.8 Å². The maximum Gasteiger partial charge on any atom is 0.341 e. The molecular formula is C26H27NO4S. The van der Waals surface area contributed by atoms with Crippen molar-refractivity contribution in [3.63, 3.8) is 0 Å². The van der Waals surface area contributed by atoms with Gasteiger partial charge in [-0.25, -0.2) is 4.79 Å². The number of nitrogens with one attached hydrogen (secondary N) is 1. The Morgan fingerprint density at radius 3 is 2.66 bits per heavy atom. The van der Waals surface area contributed by atoms with E-state index in [9.17, 15) is 9.59 Å². The Bertz CT molecular complexity index is 1130. The zero-order valence-corrected chi connectivity index (χ0v) is 19.2. The molecule has 1 aromatic heterocycles. The standard InChI is InChI=1S/C26H27NO4S/c1-3-17-7-6-10-21(13-17)31-15-23(28)27-25-24(26(29)30-2)22(16-32-25)20-12-11-18-8-4-5-9-19(18)14-20/h6-7,10-14,16H,3-5,8-9,15H2,1-2H3,(H,27,28). The number of anilines is 1. The fourth-order valence-electron chi connectivity index (χ4n) is 4.03. The average molecular weight is 450 g/mol. The summed E-state index contributed by atoms with van der Waals surface area (Å²) < 4.78 is 10.7. The molecule has 1 amide bonds. The largest absolute Gasteiger partial charge is 0.484 e. The Balaban J connectivity index is 1.53. The molecule has 0 atom stereocenters. The number of aryl methyl sites for hydroxylation is 3. The van der Waals surface area contributed by atoms with Crippen LogP contribution >= 0.6 is 11.3 Å². The number of thiophene rings is 1. The van der Waals surface area contributed by atoms with E-state index in [1.165, 1.54) is 42.4 Å². The lowest BCUT2D eigenvalue weighted by Gasteiger charge is -2.16. The van der Waals surface area contributed by atoms with Gasteiger partial charge in [-0.3, -0.25) is 4.79 Å². The first-order valence-electron chi connectivity index (χ1n) is 10.9. The molecule has 0 saturated heterocycles. The number of rotatable bonds is 7. The van der Waals surface area contributed by atoms with Crippen molar-refractivity contribution in [2.45, 2.75) is 39.0 Å². The quantitative estimate of drug-likeness (QED) is 0.473. The molecular weight excluding hydrogens is 422 g/mol. The molecule has 32 heavy (non-hydrogen) atoms. The lowest BCUT2D eigenvalue weighted by atomic mass is 9.89. The number of benzene rings is 2. The van der Waals surface area contributed by atoms with Gasteiger partial charge in [0.15, 0.2) is 6.61 Å². The molecule has 1 aliphatic rings. The van der Waals surface area contributed by atoms with Gasteiger partial charge in [0.25, 0.3) is 5.91 Å². The van der Waals surface area contributed by atoms with Gasteiger partial charge in [0.2, 0.25) is 0 Å². The maximum atomic E-state index is 12.6. The van der Waals surface area contributed by atoms with Crippen molar-refractivity contribution in [1.29, 1.82) is 0 Å². The van der Waals surface area contributed by atoms with Crippen LogP contribution in [0.4, 0.5) is 5.00 Å². The average Bonchev–Trinajstić information content (AvgIpc) is 3.25. The number of hydrogen-bond donors (Lipinski definition) is 1. The fourth-order valence-corrected chi connectivity index (χ4v) is 5.01. The van der Waals surface area contributed by atoms with E-state index < -0.39 is 5.97 Å². The summed E-state index contributed by atoms with van der Waals surface area (Å²) in [6.07, 6.45) is 5.46. The van der Waals surface area contributed by atoms with Crippen molar-refractivity contribution in [2.24, 2.45) is 0 Å². The monoisotopic (exact) mass is 449 g/mol. The van der Waals surface area contributed by atoms with Crippen molar-refractivity contribution in [3.8, 4) is 16.9 Å². The van der Waals surface area contributed by atoms with E-state index >= 15 is 0 Å². The summed E-state index contributed by atoms with van der Waals surface area (Å²) in [5, 5.41) is 5.20. The molecule has 6 heteroatoms. The summed E-state index contributed by atoms with van der Waals surface area (Å²) in [6, 6.07) is 14.0. The van der Waals surface area contributed by atoms with Crippen LogP contribution < -0.4 is 10.1 Å². The molecule has 5 nitrogen and oxygen atoms in total. The van der Waals surface area contributed by atoms with Gasteiger partial charge in [-0.15, -0.1) is 11.3 Å². The molecule has 3 aromatic rings. The second-order valence-corrected chi connectivity index (χ2v) is 8.75. The van der Waals surface area contributed by atoms with Crippen LogP contribution in [0.2, 0.25) is 0 Å². The van der Waals surface area contributed by atoms with Crippen LogP contribution in [0.3, 0.4) is 0 Å². The highest BCUT2D eigenvalue weighted by atomic mass is 32.1. The summed E-state index contributed by atoms with van der Waals surface area (Å²) in [5.41, 5.74) is 5.99. The first-order valence-corrected chi connectivity index (χ1v) is 11.8. The lowest BCUT2D eigenvalue weighted by molar-refractivity contribution is -0.118. The van der Waals surface area contributed by atoms with Gasteiger partial charge in [0.1, 0.15) is 16.3 Å². The van der Waals surface area contributed by atoms with Crippen molar-refractivity contribution in [1.82, 2.24) is 0 Å². The SMILES string of the molecule is CCc1cccc(OCC(=O)Nc2scc(-c3ccc4c(c3)CCCC4)c2C(=O)OC)c1. The number of methoxy groups -OCH3 is 1. The third-order valence-electron chi connectivity index (χ3n) is 5.77. The molecule has 0 spiro atoms. The molecule has 0 saturated carbocycles. The van der Waals surface area contributed by atoms with Crippen LogP contribution in [0.25, 0.3) is 11.1 Å². The first-order chi connectivity index (χ1) is 15.6. The number of amides is 1. The first kappa shape index (κ1) is 22.1. The van der Waals surface area contributed by atoms with Crippen molar-refractivity contribution in [2.75, 3.05) is 19.0 Å². The highest BCUT2D eigenvalue weighted by molar-refractivity contribution is 7.15. The Labute approximate surface area is 192 Å². The van der Waals surface area contributed by atoms with Gasteiger partial charge in [0, 0.05) is 10.9 Å². The zero-order chi connectivity index (χ0) is 22.5. The number of fused-ring (bicyclic) bond motifs is 1. The molecule has 1 heterocycles. The minimum atomic E-state index is -0.467. The molecule has 0 unspecified atom stereocenters. The van der Waals surface area contributed by atoms with Gasteiger partial charge >= 0.3 is 5.97 Å². The van der Waals surface area contributed by atoms with Crippen molar-refractivity contribution in [3.05, 3.63) is 70.1 Å². The number of ether oxygens (including phenoxy) is 2. The van der Waals surface area contributed by atoms with Crippen LogP contribution in [0.1, 0.15) is 46.8 Å². The smallest absolute Gasteiger partial charge is 0.341 e. The summed E-state index contributed by atoms with van der Waals surface area (Å²) in [6.45, 7) is 1.93. The van der Waals surface area contributed by atoms with E-state index in [0.29, 0.717) is 16.3 Å². The van der Waals surface area contributed by atoms with Gasteiger partial charge in [0.05, 0.1) is 7.11 Å². The predicted molar refractivity (Wildman–Crippen MR) is 128 cm³/mol.